The Hall–Kier alpha value is -3.39. The second-order valence-corrected chi connectivity index (χ2v) is 8.27. The molecule has 2 aromatic carbocycles. The summed E-state index contributed by atoms with van der Waals surface area (Å²) in [6, 6.07) is 11.5. The third-order valence-electron chi connectivity index (χ3n) is 4.52. The third kappa shape index (κ3) is 3.29. The molecule has 0 unspecified atom stereocenters. The van der Waals surface area contributed by atoms with Gasteiger partial charge in [0.1, 0.15) is 5.82 Å². The van der Waals surface area contributed by atoms with E-state index in [9.17, 15) is 13.2 Å². The van der Waals surface area contributed by atoms with Crippen LogP contribution in [0.25, 0.3) is 11.6 Å². The molecule has 8 heteroatoms. The van der Waals surface area contributed by atoms with E-state index in [2.05, 4.69) is 15.0 Å². The van der Waals surface area contributed by atoms with Gasteiger partial charge < -0.3 is 9.88 Å². The Kier molecular flexibility index (Phi) is 4.27. The van der Waals surface area contributed by atoms with Crippen molar-refractivity contribution in [2.24, 2.45) is 7.05 Å². The number of carbonyl (C=O) groups excluding carboxylic acids is 1. The Morgan fingerprint density at radius 3 is 2.57 bits per heavy atom. The second kappa shape index (κ2) is 6.65. The number of imidazole rings is 1. The van der Waals surface area contributed by atoms with Gasteiger partial charge in [-0.2, -0.15) is 0 Å². The van der Waals surface area contributed by atoms with Crippen LogP contribution >= 0.6 is 0 Å². The first-order valence-corrected chi connectivity index (χ1v) is 10.1. The normalized spacial score (nSPS) is 14.8. The summed E-state index contributed by atoms with van der Waals surface area (Å²) in [5.41, 5.74) is 3.04. The summed E-state index contributed by atoms with van der Waals surface area (Å²) in [6.45, 7) is 1.89. The number of rotatable bonds is 4. The molecular weight excluding hydrogens is 376 g/mol. The largest absolute Gasteiger partial charge is 0.335 e. The molecule has 1 aliphatic rings. The number of anilines is 2. The maximum Gasteiger partial charge on any atom is 0.261 e. The zero-order chi connectivity index (χ0) is 19.9. The first kappa shape index (κ1) is 18.0. The zero-order valence-corrected chi connectivity index (χ0v) is 16.1. The number of amides is 1. The summed E-state index contributed by atoms with van der Waals surface area (Å²) in [4.78, 5) is 16.8. The number of benzene rings is 2. The van der Waals surface area contributed by atoms with Crippen molar-refractivity contribution in [2.45, 2.75) is 11.8 Å². The van der Waals surface area contributed by atoms with Gasteiger partial charge in [-0.05, 0) is 43.3 Å². The Labute approximate surface area is 162 Å². The molecule has 1 aliphatic heterocycles. The van der Waals surface area contributed by atoms with Crippen molar-refractivity contribution in [1.29, 1.82) is 0 Å². The van der Waals surface area contributed by atoms with E-state index in [0.29, 0.717) is 28.3 Å². The fourth-order valence-electron chi connectivity index (χ4n) is 2.97. The van der Waals surface area contributed by atoms with E-state index in [4.69, 9.17) is 0 Å². The highest BCUT2D eigenvalue weighted by Gasteiger charge is 2.25. The lowest BCUT2D eigenvalue weighted by Gasteiger charge is -2.10. The fraction of sp³-hybridized carbons (Fsp3) is 0.100. The average Bonchev–Trinajstić information content (AvgIpc) is 3.19. The van der Waals surface area contributed by atoms with Crippen LogP contribution in [0.15, 0.2) is 59.8 Å². The topological polar surface area (TPSA) is 93.1 Å². The number of nitrogens with zero attached hydrogens (tertiary/aromatic N) is 2. The number of carbonyl (C=O) groups is 1. The van der Waals surface area contributed by atoms with Crippen LogP contribution in [-0.2, 0) is 21.9 Å². The van der Waals surface area contributed by atoms with E-state index in [0.717, 1.165) is 5.56 Å². The van der Waals surface area contributed by atoms with Crippen LogP contribution in [0.1, 0.15) is 17.0 Å². The van der Waals surface area contributed by atoms with Gasteiger partial charge in [-0.3, -0.25) is 9.52 Å². The molecule has 0 bridgehead atoms. The summed E-state index contributed by atoms with van der Waals surface area (Å²) in [6.07, 6.45) is 5.11. The van der Waals surface area contributed by atoms with E-state index in [1.165, 1.54) is 0 Å². The Morgan fingerprint density at radius 1 is 1.14 bits per heavy atom. The van der Waals surface area contributed by atoms with E-state index in [1.807, 2.05) is 14.0 Å². The minimum Gasteiger partial charge on any atom is -0.335 e. The maximum atomic E-state index is 12.6. The van der Waals surface area contributed by atoms with Gasteiger partial charge in [-0.1, -0.05) is 17.7 Å². The molecule has 1 aromatic heterocycles. The molecule has 0 spiro atoms. The van der Waals surface area contributed by atoms with Crippen LogP contribution in [0, 0.1) is 6.92 Å². The standard InChI is InChI=1S/C20H18N4O3S/c1-13-3-6-15(7-4-13)28(26,27)23-14-5-8-18-16(11-14)17(20(25)22-18)12-19-21-9-10-24(19)2/h3-12,23H,1-2H3,(H,22,25)/b17-12-. The first-order chi connectivity index (χ1) is 13.3. The van der Waals surface area contributed by atoms with E-state index >= 15 is 0 Å². The summed E-state index contributed by atoms with van der Waals surface area (Å²) in [7, 11) is -1.89. The number of hydrogen-bond donors (Lipinski definition) is 2. The molecule has 2 N–H and O–H groups in total. The van der Waals surface area contributed by atoms with Crippen LogP contribution in [0.3, 0.4) is 0 Å². The number of nitrogens with one attached hydrogen (secondary N) is 2. The maximum absolute atomic E-state index is 12.6. The number of fused-ring (bicyclic) bond motifs is 1. The van der Waals surface area contributed by atoms with Crippen LogP contribution < -0.4 is 10.0 Å². The lowest BCUT2D eigenvalue weighted by atomic mass is 10.1. The molecule has 0 aliphatic carbocycles. The number of hydrogen-bond acceptors (Lipinski definition) is 4. The Morgan fingerprint density at radius 2 is 1.89 bits per heavy atom. The number of aryl methyl sites for hydroxylation is 2. The predicted octanol–water partition coefficient (Wildman–Crippen LogP) is 3.02. The predicted molar refractivity (Wildman–Crippen MR) is 108 cm³/mol. The van der Waals surface area contributed by atoms with Crippen molar-refractivity contribution in [3.8, 4) is 0 Å². The SMILES string of the molecule is Cc1ccc(S(=O)(=O)Nc2ccc3c(c2)/C(=C/c2nccn2C)C(=O)N3)cc1. The minimum atomic E-state index is -3.73. The zero-order valence-electron chi connectivity index (χ0n) is 15.3. The van der Waals surface area contributed by atoms with E-state index < -0.39 is 10.0 Å². The molecule has 3 aromatic rings. The highest BCUT2D eigenvalue weighted by molar-refractivity contribution is 7.92. The van der Waals surface area contributed by atoms with Crippen molar-refractivity contribution in [1.82, 2.24) is 9.55 Å². The van der Waals surface area contributed by atoms with Gasteiger partial charge in [0.15, 0.2) is 0 Å². The van der Waals surface area contributed by atoms with Gasteiger partial charge in [0, 0.05) is 36.4 Å². The average molecular weight is 394 g/mol. The molecule has 28 heavy (non-hydrogen) atoms. The quantitative estimate of drug-likeness (QED) is 0.665. The van der Waals surface area contributed by atoms with Crippen LogP contribution in [-0.4, -0.2) is 23.9 Å². The van der Waals surface area contributed by atoms with Crippen LogP contribution in [0.5, 0.6) is 0 Å². The summed E-state index contributed by atoms with van der Waals surface area (Å²) in [5.74, 6) is 0.375. The smallest absolute Gasteiger partial charge is 0.261 e. The molecule has 4 rings (SSSR count). The van der Waals surface area contributed by atoms with Gasteiger partial charge in [0.05, 0.1) is 10.5 Å². The van der Waals surface area contributed by atoms with Crippen LogP contribution in [0.4, 0.5) is 11.4 Å². The summed E-state index contributed by atoms with van der Waals surface area (Å²) < 4.78 is 29.6. The van der Waals surface area contributed by atoms with Crippen molar-refractivity contribution >= 4 is 39.0 Å². The lowest BCUT2D eigenvalue weighted by molar-refractivity contribution is -0.110. The second-order valence-electron chi connectivity index (χ2n) is 6.59. The van der Waals surface area contributed by atoms with Crippen molar-refractivity contribution in [2.75, 3.05) is 10.0 Å². The Balaban J connectivity index is 1.69. The molecule has 0 saturated heterocycles. The van der Waals surface area contributed by atoms with E-state index in [1.54, 1.807) is 65.5 Å². The molecule has 0 saturated carbocycles. The molecule has 0 fully saturated rings. The van der Waals surface area contributed by atoms with Crippen molar-refractivity contribution in [3.63, 3.8) is 0 Å². The summed E-state index contributed by atoms with van der Waals surface area (Å²) >= 11 is 0. The van der Waals surface area contributed by atoms with Gasteiger partial charge in [0.2, 0.25) is 0 Å². The summed E-state index contributed by atoms with van der Waals surface area (Å²) in [5, 5.41) is 2.79. The van der Waals surface area contributed by atoms with Gasteiger partial charge in [0.25, 0.3) is 15.9 Å². The molecule has 2 heterocycles. The third-order valence-corrected chi connectivity index (χ3v) is 5.92. The highest BCUT2D eigenvalue weighted by Crippen LogP contribution is 2.35. The fourth-order valence-corrected chi connectivity index (χ4v) is 4.02. The number of aromatic nitrogens is 2. The van der Waals surface area contributed by atoms with Crippen LogP contribution in [0.2, 0.25) is 0 Å². The van der Waals surface area contributed by atoms with Gasteiger partial charge in [-0.25, -0.2) is 13.4 Å². The monoisotopic (exact) mass is 394 g/mol. The van der Waals surface area contributed by atoms with Crippen molar-refractivity contribution < 1.29 is 13.2 Å². The molecule has 0 radical (unpaired) electrons. The van der Waals surface area contributed by atoms with E-state index in [-0.39, 0.29) is 10.8 Å². The molecule has 7 nitrogen and oxygen atoms in total. The first-order valence-electron chi connectivity index (χ1n) is 8.58. The van der Waals surface area contributed by atoms with Gasteiger partial charge >= 0.3 is 0 Å². The minimum absolute atomic E-state index is 0.177. The molecular formula is C20H18N4O3S. The Bertz CT molecular complexity index is 1210. The molecule has 1 amide bonds. The van der Waals surface area contributed by atoms with Crippen molar-refractivity contribution in [3.05, 3.63) is 71.8 Å². The number of sulfonamides is 1. The van der Waals surface area contributed by atoms with Gasteiger partial charge in [-0.15, -0.1) is 0 Å². The lowest BCUT2D eigenvalue weighted by Crippen LogP contribution is -2.13. The highest BCUT2D eigenvalue weighted by atomic mass is 32.2. The molecule has 142 valence electrons. The molecule has 0 atom stereocenters.